The summed E-state index contributed by atoms with van der Waals surface area (Å²) in [6.45, 7) is 2.84. The molecule has 0 spiro atoms. The predicted octanol–water partition coefficient (Wildman–Crippen LogP) is 2.68. The summed E-state index contributed by atoms with van der Waals surface area (Å²) in [5.41, 5.74) is 12.6. The van der Waals surface area contributed by atoms with Crippen LogP contribution in [0.15, 0.2) is 53.8 Å². The van der Waals surface area contributed by atoms with Crippen molar-refractivity contribution in [1.29, 1.82) is 0 Å². The fraction of sp³-hybridized carbons (Fsp3) is 0.273. The highest BCUT2D eigenvalue weighted by Gasteiger charge is 2.26. The fourth-order valence-corrected chi connectivity index (χ4v) is 3.58. The first-order valence-corrected chi connectivity index (χ1v) is 9.84. The lowest BCUT2D eigenvalue weighted by atomic mass is 9.92. The van der Waals surface area contributed by atoms with Crippen LogP contribution in [-0.4, -0.2) is 32.1 Å². The van der Waals surface area contributed by atoms with Crippen LogP contribution in [0.2, 0.25) is 0 Å². The molecule has 2 heterocycles. The lowest BCUT2D eigenvalue weighted by molar-refractivity contribution is 0.705. The van der Waals surface area contributed by atoms with Gasteiger partial charge in [0, 0.05) is 38.0 Å². The van der Waals surface area contributed by atoms with Crippen LogP contribution < -0.4 is 11.1 Å². The summed E-state index contributed by atoms with van der Waals surface area (Å²) in [6, 6.07) is 10.4. The minimum atomic E-state index is 0.359. The summed E-state index contributed by atoms with van der Waals surface area (Å²) < 4.78 is 1.98. The van der Waals surface area contributed by atoms with Crippen LogP contribution in [0.25, 0.3) is 11.3 Å². The Balaban J connectivity index is 1.72. The van der Waals surface area contributed by atoms with Crippen molar-refractivity contribution in [3.63, 3.8) is 0 Å². The van der Waals surface area contributed by atoms with Gasteiger partial charge in [-0.15, -0.1) is 0 Å². The zero-order valence-electron chi connectivity index (χ0n) is 16.8. The number of nitrogens with one attached hydrogen (secondary N) is 1. The first-order chi connectivity index (χ1) is 14.2. The van der Waals surface area contributed by atoms with Gasteiger partial charge in [-0.25, -0.2) is 9.97 Å². The summed E-state index contributed by atoms with van der Waals surface area (Å²) in [6.07, 6.45) is 7.92. The highest BCUT2D eigenvalue weighted by Crippen LogP contribution is 2.35. The molecule has 1 aromatic carbocycles. The molecule has 0 fully saturated rings. The largest absolute Gasteiger partial charge is 0.391 e. The van der Waals surface area contributed by atoms with Crippen LogP contribution >= 0.6 is 0 Å². The molecule has 0 radical (unpaired) electrons. The number of hydrogen-bond donors (Lipinski definition) is 2. The molecule has 29 heavy (non-hydrogen) atoms. The van der Waals surface area contributed by atoms with E-state index in [4.69, 9.17) is 15.8 Å². The second-order valence-electron chi connectivity index (χ2n) is 7.03. The Morgan fingerprint density at radius 3 is 2.90 bits per heavy atom. The van der Waals surface area contributed by atoms with Gasteiger partial charge in [0.05, 0.1) is 17.1 Å². The SMILES string of the molecule is CCN/C=C\C(N)=Nc1ncc2c(n1)-c1c(nn(C)c1Cc1ccccc1)CC2. The van der Waals surface area contributed by atoms with E-state index < -0.39 is 0 Å². The van der Waals surface area contributed by atoms with Gasteiger partial charge in [-0.3, -0.25) is 4.68 Å². The molecule has 3 aromatic rings. The number of aryl methyl sites for hydroxylation is 3. The van der Waals surface area contributed by atoms with E-state index in [2.05, 4.69) is 39.6 Å². The molecule has 1 aliphatic rings. The Bertz CT molecular complexity index is 1060. The van der Waals surface area contributed by atoms with Crippen molar-refractivity contribution in [2.45, 2.75) is 26.2 Å². The smallest absolute Gasteiger partial charge is 0.251 e. The molecule has 0 unspecified atom stereocenters. The minimum Gasteiger partial charge on any atom is -0.391 e. The molecule has 4 rings (SSSR count). The standard InChI is InChI=1S/C22H25N7/c1-3-24-12-11-19(23)26-22-25-14-16-9-10-17-20(21(16)27-22)18(29(2)28-17)13-15-7-5-4-6-8-15/h4-8,11-12,14,24H,3,9-10,13H2,1-2H3,(H2,23,25,26,27)/b12-11-. The number of aromatic nitrogens is 4. The lowest BCUT2D eigenvalue weighted by Gasteiger charge is -2.16. The van der Waals surface area contributed by atoms with Crippen molar-refractivity contribution < 1.29 is 0 Å². The molecule has 2 aromatic heterocycles. The number of nitrogens with two attached hydrogens (primary N) is 1. The third-order valence-electron chi connectivity index (χ3n) is 4.98. The highest BCUT2D eigenvalue weighted by molar-refractivity contribution is 5.92. The maximum atomic E-state index is 5.98. The lowest BCUT2D eigenvalue weighted by Crippen LogP contribution is -2.11. The van der Waals surface area contributed by atoms with Gasteiger partial charge in [-0.1, -0.05) is 30.3 Å². The van der Waals surface area contributed by atoms with E-state index in [1.54, 1.807) is 12.3 Å². The van der Waals surface area contributed by atoms with Crippen molar-refractivity contribution in [2.75, 3.05) is 6.54 Å². The molecule has 0 saturated heterocycles. The number of benzene rings is 1. The van der Waals surface area contributed by atoms with Crippen molar-refractivity contribution >= 4 is 11.8 Å². The van der Waals surface area contributed by atoms with Crippen molar-refractivity contribution in [3.8, 4) is 11.3 Å². The maximum Gasteiger partial charge on any atom is 0.251 e. The number of rotatable bonds is 6. The molecule has 1 aliphatic carbocycles. The Hall–Kier alpha value is -3.48. The predicted molar refractivity (Wildman–Crippen MR) is 115 cm³/mol. The van der Waals surface area contributed by atoms with E-state index >= 15 is 0 Å². The Morgan fingerprint density at radius 2 is 2.10 bits per heavy atom. The summed E-state index contributed by atoms with van der Waals surface area (Å²) in [4.78, 5) is 13.5. The third-order valence-corrected chi connectivity index (χ3v) is 4.98. The van der Waals surface area contributed by atoms with Gasteiger partial charge in [0.15, 0.2) is 0 Å². The van der Waals surface area contributed by atoms with Crippen molar-refractivity contribution in [1.82, 2.24) is 25.1 Å². The molecule has 0 bridgehead atoms. The van der Waals surface area contributed by atoms with Crippen LogP contribution in [0.5, 0.6) is 0 Å². The van der Waals surface area contributed by atoms with E-state index in [0.717, 1.165) is 54.0 Å². The van der Waals surface area contributed by atoms with Crippen molar-refractivity contribution in [3.05, 3.63) is 71.3 Å². The van der Waals surface area contributed by atoms with E-state index in [1.165, 1.54) is 5.56 Å². The third kappa shape index (κ3) is 4.03. The summed E-state index contributed by atoms with van der Waals surface area (Å²) in [5, 5.41) is 7.83. The quantitative estimate of drug-likeness (QED) is 0.501. The second-order valence-corrected chi connectivity index (χ2v) is 7.03. The van der Waals surface area contributed by atoms with E-state index in [9.17, 15) is 0 Å². The van der Waals surface area contributed by atoms with Crippen LogP contribution in [0.3, 0.4) is 0 Å². The highest BCUT2D eigenvalue weighted by atomic mass is 15.3. The van der Waals surface area contributed by atoms with Gasteiger partial charge in [-0.2, -0.15) is 10.1 Å². The van der Waals surface area contributed by atoms with E-state index in [1.807, 2.05) is 30.9 Å². The molecular weight excluding hydrogens is 362 g/mol. The number of aliphatic imine (C=N–C) groups is 1. The second kappa shape index (κ2) is 8.26. The van der Waals surface area contributed by atoms with E-state index in [-0.39, 0.29) is 0 Å². The summed E-state index contributed by atoms with van der Waals surface area (Å²) in [7, 11) is 2.00. The average Bonchev–Trinajstić information content (AvgIpc) is 3.04. The van der Waals surface area contributed by atoms with Crippen LogP contribution in [-0.2, 0) is 26.3 Å². The molecule has 0 atom stereocenters. The number of hydrogen-bond acceptors (Lipinski definition) is 5. The van der Waals surface area contributed by atoms with E-state index in [0.29, 0.717) is 11.8 Å². The maximum absolute atomic E-state index is 5.98. The van der Waals surface area contributed by atoms with Gasteiger partial charge in [0.25, 0.3) is 5.95 Å². The van der Waals surface area contributed by atoms with Crippen LogP contribution in [0, 0.1) is 0 Å². The van der Waals surface area contributed by atoms with Crippen LogP contribution in [0.4, 0.5) is 5.95 Å². The Morgan fingerprint density at radius 1 is 1.28 bits per heavy atom. The van der Waals surface area contributed by atoms with Crippen LogP contribution in [0.1, 0.15) is 29.4 Å². The van der Waals surface area contributed by atoms with Gasteiger partial charge in [0.2, 0.25) is 0 Å². The normalized spacial score (nSPS) is 13.4. The molecule has 148 valence electrons. The zero-order valence-corrected chi connectivity index (χ0v) is 16.8. The molecule has 0 aliphatic heterocycles. The first kappa shape index (κ1) is 18.9. The topological polar surface area (TPSA) is 94.0 Å². The van der Waals surface area contributed by atoms with Crippen molar-refractivity contribution in [2.24, 2.45) is 17.8 Å². The molecule has 0 saturated carbocycles. The first-order valence-electron chi connectivity index (χ1n) is 9.84. The van der Waals surface area contributed by atoms with Gasteiger partial charge < -0.3 is 11.1 Å². The number of amidine groups is 1. The summed E-state index contributed by atoms with van der Waals surface area (Å²) in [5.74, 6) is 0.724. The number of fused-ring (bicyclic) bond motifs is 3. The van der Waals surface area contributed by atoms with Gasteiger partial charge in [-0.05, 0) is 37.0 Å². The molecule has 7 heteroatoms. The Kier molecular flexibility index (Phi) is 5.37. The molecule has 7 nitrogen and oxygen atoms in total. The van der Waals surface area contributed by atoms with Gasteiger partial charge in [0.1, 0.15) is 5.84 Å². The van der Waals surface area contributed by atoms with Gasteiger partial charge >= 0.3 is 0 Å². The molecule has 3 N–H and O–H groups in total. The zero-order chi connectivity index (χ0) is 20.2. The summed E-state index contributed by atoms with van der Waals surface area (Å²) >= 11 is 0. The minimum absolute atomic E-state index is 0.359. The molecule has 0 amide bonds. The molecular formula is C22H25N7. The number of nitrogens with zero attached hydrogens (tertiary/aromatic N) is 5. The Labute approximate surface area is 170 Å². The fourth-order valence-electron chi connectivity index (χ4n) is 3.58. The monoisotopic (exact) mass is 387 g/mol. The average molecular weight is 387 g/mol.